The van der Waals surface area contributed by atoms with Gasteiger partial charge in [-0.2, -0.15) is 0 Å². The minimum atomic E-state index is -0.0662. The number of rotatable bonds is 1. The van der Waals surface area contributed by atoms with Crippen molar-refractivity contribution >= 4 is 23.2 Å². The van der Waals surface area contributed by atoms with Gasteiger partial charge in [0.05, 0.1) is 15.7 Å². The van der Waals surface area contributed by atoms with E-state index in [1.165, 1.54) is 0 Å². The Morgan fingerprint density at radius 2 is 2.06 bits per heavy atom. The van der Waals surface area contributed by atoms with Crippen LogP contribution in [-0.2, 0) is 12.8 Å². The zero-order valence-electron chi connectivity index (χ0n) is 9.46. The van der Waals surface area contributed by atoms with E-state index < -0.39 is 0 Å². The first-order chi connectivity index (χ1) is 8.66. The smallest absolute Gasteiger partial charge is 0.254 e. The SMILES string of the molecule is O=c1[nH]c(-c2cccc(Cl)c2Cl)nc2c1CCC2. The first-order valence-corrected chi connectivity index (χ1v) is 6.49. The summed E-state index contributed by atoms with van der Waals surface area (Å²) in [4.78, 5) is 19.2. The summed E-state index contributed by atoms with van der Waals surface area (Å²) in [6.07, 6.45) is 2.64. The summed E-state index contributed by atoms with van der Waals surface area (Å²) in [6.45, 7) is 0. The van der Waals surface area contributed by atoms with Gasteiger partial charge in [0.1, 0.15) is 5.82 Å². The van der Waals surface area contributed by atoms with E-state index >= 15 is 0 Å². The number of nitrogens with one attached hydrogen (secondary N) is 1. The van der Waals surface area contributed by atoms with Gasteiger partial charge in [0.2, 0.25) is 0 Å². The van der Waals surface area contributed by atoms with E-state index in [9.17, 15) is 4.79 Å². The molecule has 2 aromatic rings. The molecule has 0 amide bonds. The molecule has 0 radical (unpaired) electrons. The number of benzene rings is 1. The minimum Gasteiger partial charge on any atom is -0.306 e. The fraction of sp³-hybridized carbons (Fsp3) is 0.231. The Hall–Kier alpha value is -1.32. The van der Waals surface area contributed by atoms with Crippen LogP contribution in [0.5, 0.6) is 0 Å². The lowest BCUT2D eigenvalue weighted by Gasteiger charge is -2.06. The van der Waals surface area contributed by atoms with Crippen molar-refractivity contribution in [3.05, 3.63) is 49.9 Å². The number of halogens is 2. The Morgan fingerprint density at radius 3 is 2.89 bits per heavy atom. The first kappa shape index (κ1) is 11.8. The molecule has 1 aliphatic carbocycles. The highest BCUT2D eigenvalue weighted by atomic mass is 35.5. The molecule has 1 aliphatic rings. The van der Waals surface area contributed by atoms with Crippen molar-refractivity contribution in [2.24, 2.45) is 0 Å². The first-order valence-electron chi connectivity index (χ1n) is 5.73. The van der Waals surface area contributed by atoms with Crippen LogP contribution in [0.1, 0.15) is 17.7 Å². The van der Waals surface area contributed by atoms with Crippen molar-refractivity contribution in [2.75, 3.05) is 0 Å². The number of aryl methyl sites for hydroxylation is 1. The van der Waals surface area contributed by atoms with Crippen LogP contribution in [0, 0.1) is 0 Å². The average molecular weight is 281 g/mol. The summed E-state index contributed by atoms with van der Waals surface area (Å²) in [5.74, 6) is 0.494. The van der Waals surface area contributed by atoms with Crippen molar-refractivity contribution in [3.8, 4) is 11.4 Å². The Bertz CT molecular complexity index is 679. The number of hydrogen-bond donors (Lipinski definition) is 1. The van der Waals surface area contributed by atoms with E-state index in [1.54, 1.807) is 18.2 Å². The number of hydrogen-bond acceptors (Lipinski definition) is 2. The van der Waals surface area contributed by atoms with Crippen molar-refractivity contribution in [3.63, 3.8) is 0 Å². The summed E-state index contributed by atoms with van der Waals surface area (Å²) in [5, 5.41) is 0.873. The molecule has 0 spiro atoms. The molecule has 0 aliphatic heterocycles. The van der Waals surface area contributed by atoms with E-state index in [0.717, 1.165) is 30.5 Å². The lowest BCUT2D eigenvalue weighted by molar-refractivity contribution is 0.899. The van der Waals surface area contributed by atoms with Gasteiger partial charge in [-0.25, -0.2) is 4.98 Å². The molecule has 0 unspecified atom stereocenters. The number of fused-ring (bicyclic) bond motifs is 1. The van der Waals surface area contributed by atoms with Crippen LogP contribution in [0.2, 0.25) is 10.0 Å². The Labute approximate surface area is 114 Å². The van der Waals surface area contributed by atoms with Gasteiger partial charge in [0.15, 0.2) is 0 Å². The molecule has 1 aromatic carbocycles. The highest BCUT2D eigenvalue weighted by Gasteiger charge is 2.18. The van der Waals surface area contributed by atoms with Gasteiger partial charge in [-0.1, -0.05) is 29.3 Å². The van der Waals surface area contributed by atoms with Crippen LogP contribution in [-0.4, -0.2) is 9.97 Å². The monoisotopic (exact) mass is 280 g/mol. The molecule has 0 atom stereocenters. The van der Waals surface area contributed by atoms with Crippen molar-refractivity contribution in [2.45, 2.75) is 19.3 Å². The van der Waals surface area contributed by atoms with Gasteiger partial charge < -0.3 is 4.98 Å². The molecule has 3 rings (SSSR count). The quantitative estimate of drug-likeness (QED) is 0.872. The summed E-state index contributed by atoms with van der Waals surface area (Å²) in [7, 11) is 0. The second kappa shape index (κ2) is 4.41. The van der Waals surface area contributed by atoms with Crippen molar-refractivity contribution < 1.29 is 0 Å². The van der Waals surface area contributed by atoms with Gasteiger partial charge in [-0.3, -0.25) is 4.79 Å². The van der Waals surface area contributed by atoms with Crippen LogP contribution in [0.3, 0.4) is 0 Å². The Balaban J connectivity index is 2.21. The van der Waals surface area contributed by atoms with Crippen LogP contribution in [0.25, 0.3) is 11.4 Å². The highest BCUT2D eigenvalue weighted by molar-refractivity contribution is 6.43. The fourth-order valence-corrected chi connectivity index (χ4v) is 2.65. The molecule has 1 heterocycles. The molecule has 92 valence electrons. The highest BCUT2D eigenvalue weighted by Crippen LogP contribution is 2.31. The zero-order valence-corrected chi connectivity index (χ0v) is 11.0. The third-order valence-electron chi connectivity index (χ3n) is 3.15. The molecular weight excluding hydrogens is 271 g/mol. The standard InChI is InChI=1S/C13H10Cl2N2O/c14-9-5-1-4-8(11(9)15)12-16-10-6-2-3-7(10)13(18)17-12/h1,4-5H,2-3,6H2,(H,16,17,18). The maximum Gasteiger partial charge on any atom is 0.254 e. The van der Waals surface area contributed by atoms with Crippen molar-refractivity contribution in [1.29, 1.82) is 0 Å². The van der Waals surface area contributed by atoms with E-state index in [1.807, 2.05) is 0 Å². The molecule has 1 aromatic heterocycles. The summed E-state index contributed by atoms with van der Waals surface area (Å²) < 4.78 is 0. The Morgan fingerprint density at radius 1 is 1.22 bits per heavy atom. The van der Waals surface area contributed by atoms with Gasteiger partial charge >= 0.3 is 0 Å². The predicted octanol–water partition coefficient (Wildman–Crippen LogP) is 3.23. The topological polar surface area (TPSA) is 45.8 Å². The second-order valence-corrected chi connectivity index (χ2v) is 5.08. The van der Waals surface area contributed by atoms with Gasteiger partial charge in [0, 0.05) is 11.1 Å². The number of nitrogens with zero attached hydrogens (tertiary/aromatic N) is 1. The van der Waals surface area contributed by atoms with Crippen LogP contribution in [0.4, 0.5) is 0 Å². The van der Waals surface area contributed by atoms with Gasteiger partial charge in [-0.15, -0.1) is 0 Å². The van der Waals surface area contributed by atoms with E-state index in [2.05, 4.69) is 9.97 Å². The van der Waals surface area contributed by atoms with Crippen LogP contribution < -0.4 is 5.56 Å². The maximum absolute atomic E-state index is 11.9. The second-order valence-electron chi connectivity index (χ2n) is 4.29. The number of H-pyrrole nitrogens is 1. The molecule has 5 heteroatoms. The third-order valence-corrected chi connectivity index (χ3v) is 3.97. The molecular formula is C13H10Cl2N2O. The number of aromatic nitrogens is 2. The average Bonchev–Trinajstić information content (AvgIpc) is 2.81. The summed E-state index contributed by atoms with van der Waals surface area (Å²) in [6, 6.07) is 5.30. The molecule has 0 bridgehead atoms. The minimum absolute atomic E-state index is 0.0662. The van der Waals surface area contributed by atoms with E-state index in [4.69, 9.17) is 23.2 Å². The fourth-order valence-electron chi connectivity index (χ4n) is 2.26. The predicted molar refractivity (Wildman–Crippen MR) is 72.3 cm³/mol. The van der Waals surface area contributed by atoms with Crippen LogP contribution >= 0.6 is 23.2 Å². The molecule has 0 saturated carbocycles. The summed E-state index contributed by atoms with van der Waals surface area (Å²) in [5.41, 5.74) is 2.28. The molecule has 0 fully saturated rings. The third kappa shape index (κ3) is 1.84. The van der Waals surface area contributed by atoms with Crippen LogP contribution in [0.15, 0.2) is 23.0 Å². The molecule has 0 saturated heterocycles. The lowest BCUT2D eigenvalue weighted by Crippen LogP contribution is -2.15. The molecule has 1 N–H and O–H groups in total. The van der Waals surface area contributed by atoms with Gasteiger partial charge in [-0.05, 0) is 31.4 Å². The lowest BCUT2D eigenvalue weighted by atomic mass is 10.2. The maximum atomic E-state index is 11.9. The number of aromatic amines is 1. The van der Waals surface area contributed by atoms with Crippen molar-refractivity contribution in [1.82, 2.24) is 9.97 Å². The largest absolute Gasteiger partial charge is 0.306 e. The van der Waals surface area contributed by atoms with E-state index in [0.29, 0.717) is 21.4 Å². The summed E-state index contributed by atoms with van der Waals surface area (Å²) >= 11 is 12.1. The van der Waals surface area contributed by atoms with E-state index in [-0.39, 0.29) is 5.56 Å². The molecule has 3 nitrogen and oxygen atoms in total. The Kier molecular flexibility index (Phi) is 2.88. The molecule has 18 heavy (non-hydrogen) atoms. The normalized spacial score (nSPS) is 13.7. The van der Waals surface area contributed by atoms with Gasteiger partial charge in [0.25, 0.3) is 5.56 Å². The zero-order chi connectivity index (χ0) is 12.7.